The molecule has 0 aromatic carbocycles. The first-order chi connectivity index (χ1) is 6.09. The molecule has 1 fully saturated rings. The summed E-state index contributed by atoms with van der Waals surface area (Å²) in [6.45, 7) is 5.11. The minimum atomic E-state index is -0.231. The fraction of sp³-hybridized carbons (Fsp3) is 0.889. The highest BCUT2D eigenvalue weighted by Crippen LogP contribution is 2.10. The topological polar surface area (TPSA) is 55.6 Å². The summed E-state index contributed by atoms with van der Waals surface area (Å²) in [6.07, 6.45) is 1.70. The Morgan fingerprint density at radius 2 is 2.31 bits per heavy atom. The van der Waals surface area contributed by atoms with E-state index in [9.17, 15) is 4.79 Å². The average Bonchev–Trinajstić information content (AvgIpc) is 2.03. The fourth-order valence-electron chi connectivity index (χ4n) is 1.45. The number of hydrogen-bond donors (Lipinski definition) is 1. The Morgan fingerprint density at radius 3 is 2.85 bits per heavy atom. The summed E-state index contributed by atoms with van der Waals surface area (Å²) in [7, 11) is 0. The van der Waals surface area contributed by atoms with E-state index in [2.05, 4.69) is 0 Å². The molecule has 0 spiro atoms. The van der Waals surface area contributed by atoms with Crippen molar-refractivity contribution in [3.05, 3.63) is 0 Å². The molecule has 2 N–H and O–H groups in total. The molecule has 1 saturated heterocycles. The van der Waals surface area contributed by atoms with Crippen molar-refractivity contribution >= 4 is 6.09 Å². The first kappa shape index (κ1) is 10.3. The molecule has 4 heteroatoms. The molecule has 0 aromatic rings. The SMILES string of the molecule is CC(C)OC(=O)N1CCCC(N)C1. The van der Waals surface area contributed by atoms with Crippen LogP contribution in [0.3, 0.4) is 0 Å². The van der Waals surface area contributed by atoms with Crippen LogP contribution in [0.25, 0.3) is 0 Å². The molecule has 0 saturated carbocycles. The van der Waals surface area contributed by atoms with Crippen molar-refractivity contribution in [2.45, 2.75) is 38.8 Å². The number of carbonyl (C=O) groups is 1. The van der Waals surface area contributed by atoms with Gasteiger partial charge in [-0.3, -0.25) is 0 Å². The molecule has 4 nitrogen and oxygen atoms in total. The third-order valence-corrected chi connectivity index (χ3v) is 2.05. The summed E-state index contributed by atoms with van der Waals surface area (Å²) in [5.41, 5.74) is 5.74. The van der Waals surface area contributed by atoms with Gasteiger partial charge in [-0.05, 0) is 26.7 Å². The largest absolute Gasteiger partial charge is 0.447 e. The van der Waals surface area contributed by atoms with E-state index in [0.717, 1.165) is 19.4 Å². The van der Waals surface area contributed by atoms with Crippen LogP contribution in [0.1, 0.15) is 26.7 Å². The van der Waals surface area contributed by atoms with Crippen molar-refractivity contribution in [2.75, 3.05) is 13.1 Å². The lowest BCUT2D eigenvalue weighted by Crippen LogP contribution is -2.46. The van der Waals surface area contributed by atoms with Crippen LogP contribution in [-0.2, 0) is 4.74 Å². The van der Waals surface area contributed by atoms with Gasteiger partial charge in [-0.15, -0.1) is 0 Å². The number of nitrogens with two attached hydrogens (primary N) is 1. The second-order valence-electron chi connectivity index (χ2n) is 3.78. The minimum Gasteiger partial charge on any atom is -0.447 e. The lowest BCUT2D eigenvalue weighted by Gasteiger charge is -2.30. The highest BCUT2D eigenvalue weighted by Gasteiger charge is 2.22. The summed E-state index contributed by atoms with van der Waals surface area (Å²) >= 11 is 0. The second-order valence-corrected chi connectivity index (χ2v) is 3.78. The summed E-state index contributed by atoms with van der Waals surface area (Å²) in [5, 5.41) is 0. The van der Waals surface area contributed by atoms with Gasteiger partial charge in [-0.1, -0.05) is 0 Å². The van der Waals surface area contributed by atoms with Crippen molar-refractivity contribution in [3.63, 3.8) is 0 Å². The number of carbonyl (C=O) groups excluding carboxylic acids is 1. The van der Waals surface area contributed by atoms with E-state index in [-0.39, 0.29) is 18.2 Å². The van der Waals surface area contributed by atoms with E-state index in [1.54, 1.807) is 4.90 Å². The third-order valence-electron chi connectivity index (χ3n) is 2.05. The Balaban J connectivity index is 2.37. The Labute approximate surface area is 79.0 Å². The van der Waals surface area contributed by atoms with Crippen molar-refractivity contribution in [1.82, 2.24) is 4.90 Å². The van der Waals surface area contributed by atoms with Gasteiger partial charge in [0.1, 0.15) is 0 Å². The molecule has 1 unspecified atom stereocenters. The zero-order chi connectivity index (χ0) is 9.84. The van der Waals surface area contributed by atoms with Crippen LogP contribution in [0, 0.1) is 0 Å². The van der Waals surface area contributed by atoms with Gasteiger partial charge in [0.25, 0.3) is 0 Å². The van der Waals surface area contributed by atoms with E-state index in [4.69, 9.17) is 10.5 Å². The van der Waals surface area contributed by atoms with Gasteiger partial charge in [0.05, 0.1) is 6.10 Å². The number of rotatable bonds is 1. The van der Waals surface area contributed by atoms with Crippen LogP contribution in [-0.4, -0.2) is 36.2 Å². The van der Waals surface area contributed by atoms with Crippen LogP contribution in [0.4, 0.5) is 4.79 Å². The smallest absolute Gasteiger partial charge is 0.410 e. The maximum absolute atomic E-state index is 11.4. The molecule has 1 rings (SSSR count). The predicted octanol–water partition coefficient (Wildman–Crippen LogP) is 0.955. The zero-order valence-electron chi connectivity index (χ0n) is 8.32. The standard InChI is InChI=1S/C9H18N2O2/c1-7(2)13-9(12)11-5-3-4-8(10)6-11/h7-8H,3-6,10H2,1-2H3. The van der Waals surface area contributed by atoms with Crippen molar-refractivity contribution in [1.29, 1.82) is 0 Å². The van der Waals surface area contributed by atoms with E-state index in [1.165, 1.54) is 0 Å². The molecule has 0 bridgehead atoms. The molecule has 1 atom stereocenters. The average molecular weight is 186 g/mol. The van der Waals surface area contributed by atoms with Gasteiger partial charge < -0.3 is 15.4 Å². The van der Waals surface area contributed by atoms with Gasteiger partial charge in [0, 0.05) is 19.1 Å². The summed E-state index contributed by atoms with van der Waals surface area (Å²) in [5.74, 6) is 0. The fourth-order valence-corrected chi connectivity index (χ4v) is 1.45. The van der Waals surface area contributed by atoms with Crippen LogP contribution in [0.5, 0.6) is 0 Å². The number of nitrogens with zero attached hydrogens (tertiary/aromatic N) is 1. The normalized spacial score (nSPS) is 23.4. The number of hydrogen-bond acceptors (Lipinski definition) is 3. The van der Waals surface area contributed by atoms with Gasteiger partial charge >= 0.3 is 6.09 Å². The number of piperidine rings is 1. The van der Waals surface area contributed by atoms with E-state index < -0.39 is 0 Å². The van der Waals surface area contributed by atoms with Gasteiger partial charge in [0.2, 0.25) is 0 Å². The molecule has 1 aliphatic heterocycles. The highest BCUT2D eigenvalue weighted by molar-refractivity contribution is 5.67. The maximum Gasteiger partial charge on any atom is 0.410 e. The Hall–Kier alpha value is -0.770. The molecule has 1 heterocycles. The van der Waals surface area contributed by atoms with Gasteiger partial charge in [0.15, 0.2) is 0 Å². The molecule has 0 aliphatic carbocycles. The first-order valence-electron chi connectivity index (χ1n) is 4.80. The summed E-state index contributed by atoms with van der Waals surface area (Å²) in [4.78, 5) is 13.1. The van der Waals surface area contributed by atoms with E-state index in [1.807, 2.05) is 13.8 Å². The van der Waals surface area contributed by atoms with Crippen LogP contribution in [0.2, 0.25) is 0 Å². The van der Waals surface area contributed by atoms with E-state index in [0.29, 0.717) is 6.54 Å². The van der Waals surface area contributed by atoms with Crippen LogP contribution >= 0.6 is 0 Å². The number of ether oxygens (including phenoxy) is 1. The van der Waals surface area contributed by atoms with Gasteiger partial charge in [-0.2, -0.15) is 0 Å². The zero-order valence-corrected chi connectivity index (χ0v) is 8.32. The monoisotopic (exact) mass is 186 g/mol. The first-order valence-corrected chi connectivity index (χ1v) is 4.80. The summed E-state index contributed by atoms with van der Waals surface area (Å²) in [6, 6.07) is 0.119. The lowest BCUT2D eigenvalue weighted by molar-refractivity contribution is 0.0685. The lowest BCUT2D eigenvalue weighted by atomic mass is 10.1. The molecular formula is C9H18N2O2. The molecule has 0 aromatic heterocycles. The quantitative estimate of drug-likeness (QED) is 0.663. The molecule has 1 aliphatic rings. The van der Waals surface area contributed by atoms with Crippen LogP contribution < -0.4 is 5.73 Å². The van der Waals surface area contributed by atoms with Crippen molar-refractivity contribution in [3.8, 4) is 0 Å². The second kappa shape index (κ2) is 4.46. The van der Waals surface area contributed by atoms with Crippen LogP contribution in [0.15, 0.2) is 0 Å². The van der Waals surface area contributed by atoms with Crippen molar-refractivity contribution < 1.29 is 9.53 Å². The predicted molar refractivity (Wildman–Crippen MR) is 50.4 cm³/mol. The van der Waals surface area contributed by atoms with Crippen molar-refractivity contribution in [2.24, 2.45) is 5.73 Å². The van der Waals surface area contributed by atoms with E-state index >= 15 is 0 Å². The minimum absolute atomic E-state index is 0.0503. The maximum atomic E-state index is 11.4. The molecule has 0 radical (unpaired) electrons. The Bertz CT molecular complexity index is 182. The molecular weight excluding hydrogens is 168 g/mol. The Morgan fingerprint density at radius 1 is 1.62 bits per heavy atom. The highest BCUT2D eigenvalue weighted by atomic mass is 16.6. The van der Waals surface area contributed by atoms with Gasteiger partial charge in [-0.25, -0.2) is 4.79 Å². The summed E-state index contributed by atoms with van der Waals surface area (Å²) < 4.78 is 5.07. The molecule has 76 valence electrons. The molecule has 13 heavy (non-hydrogen) atoms. The number of likely N-dealkylation sites (tertiary alicyclic amines) is 1. The number of amides is 1. The molecule has 1 amide bonds. The Kier molecular flexibility index (Phi) is 3.54. The third kappa shape index (κ3) is 3.22.